The van der Waals surface area contributed by atoms with Crippen molar-refractivity contribution in [3.8, 4) is 22.6 Å². The molecule has 0 aliphatic heterocycles. The number of halogens is 1. The quantitative estimate of drug-likeness (QED) is 0.796. The van der Waals surface area contributed by atoms with Gasteiger partial charge in [-0.15, -0.1) is 0 Å². The summed E-state index contributed by atoms with van der Waals surface area (Å²) in [4.78, 5) is 11.2. The van der Waals surface area contributed by atoms with Crippen LogP contribution in [0.4, 0.5) is 0 Å². The van der Waals surface area contributed by atoms with E-state index in [-0.39, 0.29) is 0 Å². The van der Waals surface area contributed by atoms with E-state index in [1.807, 2.05) is 12.1 Å². The van der Waals surface area contributed by atoms with Gasteiger partial charge in [0, 0.05) is 16.1 Å². The Balaban J connectivity index is 2.71. The minimum Gasteiger partial charge on any atom is -0.493 e. The summed E-state index contributed by atoms with van der Waals surface area (Å²) >= 11 is 6.00. The molecule has 98 valence electrons. The molecule has 0 aliphatic rings. The van der Waals surface area contributed by atoms with Crippen molar-refractivity contribution in [3.63, 3.8) is 0 Å². The van der Waals surface area contributed by atoms with Crippen molar-refractivity contribution in [2.45, 2.75) is 0 Å². The molecule has 0 aromatic heterocycles. The van der Waals surface area contributed by atoms with Crippen LogP contribution >= 0.6 is 11.6 Å². The fourth-order valence-corrected chi connectivity index (χ4v) is 2.14. The molecular formula is C15H13ClO3. The smallest absolute Gasteiger partial charge is 0.168 e. The molecule has 2 aromatic rings. The average Bonchev–Trinajstić information content (AvgIpc) is 2.46. The summed E-state index contributed by atoms with van der Waals surface area (Å²) in [6, 6.07) is 10.6. The average molecular weight is 277 g/mol. The first kappa shape index (κ1) is 13.4. The summed E-state index contributed by atoms with van der Waals surface area (Å²) < 4.78 is 10.6. The predicted molar refractivity (Wildman–Crippen MR) is 75.4 cm³/mol. The van der Waals surface area contributed by atoms with E-state index >= 15 is 0 Å². The van der Waals surface area contributed by atoms with Crippen molar-refractivity contribution in [2.75, 3.05) is 14.2 Å². The molecule has 2 rings (SSSR count). The molecule has 0 amide bonds. The van der Waals surface area contributed by atoms with Crippen molar-refractivity contribution >= 4 is 17.9 Å². The Hall–Kier alpha value is -2.00. The highest BCUT2D eigenvalue weighted by Crippen LogP contribution is 2.39. The second-order valence-corrected chi connectivity index (χ2v) is 4.33. The number of para-hydroxylation sites is 1. The van der Waals surface area contributed by atoms with Gasteiger partial charge in [0.15, 0.2) is 17.8 Å². The third kappa shape index (κ3) is 2.56. The Morgan fingerprint density at radius 3 is 2.47 bits per heavy atom. The molecule has 2 aromatic carbocycles. The van der Waals surface area contributed by atoms with Crippen LogP contribution in [0, 0.1) is 0 Å². The van der Waals surface area contributed by atoms with Crippen LogP contribution in [0.25, 0.3) is 11.1 Å². The predicted octanol–water partition coefficient (Wildman–Crippen LogP) is 3.84. The van der Waals surface area contributed by atoms with Crippen molar-refractivity contribution in [3.05, 3.63) is 47.0 Å². The van der Waals surface area contributed by atoms with E-state index in [1.54, 1.807) is 38.5 Å². The van der Waals surface area contributed by atoms with Gasteiger partial charge in [-0.05, 0) is 29.8 Å². The number of ether oxygens (including phenoxy) is 2. The van der Waals surface area contributed by atoms with E-state index < -0.39 is 0 Å². The Kier molecular flexibility index (Phi) is 4.07. The van der Waals surface area contributed by atoms with Crippen LogP contribution < -0.4 is 9.47 Å². The molecule has 0 saturated heterocycles. The highest BCUT2D eigenvalue weighted by Gasteiger charge is 2.14. The van der Waals surface area contributed by atoms with Crippen LogP contribution in [0.3, 0.4) is 0 Å². The van der Waals surface area contributed by atoms with E-state index in [4.69, 9.17) is 21.1 Å². The molecule has 0 fully saturated rings. The lowest BCUT2D eigenvalue weighted by atomic mass is 9.99. The normalized spacial score (nSPS) is 10.1. The highest BCUT2D eigenvalue weighted by atomic mass is 35.5. The van der Waals surface area contributed by atoms with Gasteiger partial charge in [-0.2, -0.15) is 0 Å². The first-order chi connectivity index (χ1) is 9.21. The number of hydrogen-bond acceptors (Lipinski definition) is 3. The van der Waals surface area contributed by atoms with Crippen LogP contribution in [-0.4, -0.2) is 20.5 Å². The fraction of sp³-hybridized carbons (Fsp3) is 0.133. The first-order valence-corrected chi connectivity index (χ1v) is 6.05. The standard InChI is InChI=1S/C15H13ClO3/c1-18-14-5-3-4-12(15(14)19-2)13-8-11(16)7-6-10(13)9-17/h3-9H,1-2H3. The van der Waals surface area contributed by atoms with Crippen LogP contribution in [0.2, 0.25) is 5.02 Å². The van der Waals surface area contributed by atoms with Gasteiger partial charge >= 0.3 is 0 Å². The lowest BCUT2D eigenvalue weighted by molar-refractivity contribution is 0.112. The van der Waals surface area contributed by atoms with Gasteiger partial charge < -0.3 is 9.47 Å². The number of hydrogen-bond donors (Lipinski definition) is 0. The summed E-state index contributed by atoms with van der Waals surface area (Å²) in [7, 11) is 3.13. The van der Waals surface area contributed by atoms with Crippen LogP contribution in [0.5, 0.6) is 11.5 Å². The summed E-state index contributed by atoms with van der Waals surface area (Å²) in [6.45, 7) is 0. The topological polar surface area (TPSA) is 35.5 Å². The van der Waals surface area contributed by atoms with Gasteiger partial charge in [0.2, 0.25) is 0 Å². The highest BCUT2D eigenvalue weighted by molar-refractivity contribution is 6.31. The molecule has 19 heavy (non-hydrogen) atoms. The van der Waals surface area contributed by atoms with Crippen LogP contribution in [0.1, 0.15) is 10.4 Å². The van der Waals surface area contributed by atoms with Crippen LogP contribution in [0.15, 0.2) is 36.4 Å². The lowest BCUT2D eigenvalue weighted by Gasteiger charge is -2.14. The van der Waals surface area contributed by atoms with Crippen molar-refractivity contribution in [1.29, 1.82) is 0 Å². The molecule has 0 bridgehead atoms. The van der Waals surface area contributed by atoms with E-state index in [9.17, 15) is 4.79 Å². The summed E-state index contributed by atoms with van der Waals surface area (Å²) in [6.07, 6.45) is 0.796. The minimum absolute atomic E-state index is 0.552. The molecule has 0 heterocycles. The monoisotopic (exact) mass is 276 g/mol. The van der Waals surface area contributed by atoms with E-state index in [2.05, 4.69) is 0 Å². The third-order valence-corrected chi connectivity index (χ3v) is 3.07. The zero-order chi connectivity index (χ0) is 13.8. The Bertz CT molecular complexity index is 608. The molecule has 3 nitrogen and oxygen atoms in total. The second kappa shape index (κ2) is 5.76. The molecule has 0 aliphatic carbocycles. The largest absolute Gasteiger partial charge is 0.493 e. The first-order valence-electron chi connectivity index (χ1n) is 5.67. The van der Waals surface area contributed by atoms with Gasteiger partial charge in [0.1, 0.15) is 0 Å². The van der Waals surface area contributed by atoms with E-state index in [1.165, 1.54) is 0 Å². The summed E-state index contributed by atoms with van der Waals surface area (Å²) in [5, 5.41) is 0.561. The lowest BCUT2D eigenvalue weighted by Crippen LogP contribution is -1.95. The Labute approximate surface area is 116 Å². The Morgan fingerprint density at radius 2 is 1.84 bits per heavy atom. The van der Waals surface area contributed by atoms with E-state index in [0.717, 1.165) is 17.4 Å². The van der Waals surface area contributed by atoms with Crippen molar-refractivity contribution in [1.82, 2.24) is 0 Å². The number of carbonyl (C=O) groups excluding carboxylic acids is 1. The zero-order valence-electron chi connectivity index (χ0n) is 10.6. The van der Waals surface area contributed by atoms with Gasteiger partial charge in [-0.3, -0.25) is 4.79 Å². The molecule has 0 unspecified atom stereocenters. The maximum absolute atomic E-state index is 11.2. The number of methoxy groups -OCH3 is 2. The molecule has 0 atom stereocenters. The van der Waals surface area contributed by atoms with Gasteiger partial charge in [-0.25, -0.2) is 0 Å². The SMILES string of the molecule is COc1cccc(-c2cc(Cl)ccc2C=O)c1OC. The third-order valence-electron chi connectivity index (χ3n) is 2.84. The molecular weight excluding hydrogens is 264 g/mol. The second-order valence-electron chi connectivity index (χ2n) is 3.89. The number of rotatable bonds is 4. The molecule has 0 spiro atoms. The maximum atomic E-state index is 11.2. The number of carbonyl (C=O) groups is 1. The molecule has 0 N–H and O–H groups in total. The zero-order valence-corrected chi connectivity index (χ0v) is 11.4. The summed E-state index contributed by atoms with van der Waals surface area (Å²) in [5.74, 6) is 1.19. The molecule has 0 saturated carbocycles. The van der Waals surface area contributed by atoms with E-state index in [0.29, 0.717) is 22.1 Å². The van der Waals surface area contributed by atoms with Crippen LogP contribution in [-0.2, 0) is 0 Å². The summed E-state index contributed by atoms with van der Waals surface area (Å²) in [5.41, 5.74) is 2.04. The number of benzene rings is 2. The fourth-order valence-electron chi connectivity index (χ4n) is 1.96. The van der Waals surface area contributed by atoms with Gasteiger partial charge in [0.25, 0.3) is 0 Å². The number of aldehydes is 1. The van der Waals surface area contributed by atoms with Crippen molar-refractivity contribution < 1.29 is 14.3 Å². The molecule has 4 heteroatoms. The maximum Gasteiger partial charge on any atom is 0.168 e. The van der Waals surface area contributed by atoms with Gasteiger partial charge in [0.05, 0.1) is 14.2 Å². The van der Waals surface area contributed by atoms with Crippen molar-refractivity contribution in [2.24, 2.45) is 0 Å². The Morgan fingerprint density at radius 1 is 1.05 bits per heavy atom. The molecule has 0 radical (unpaired) electrons. The van der Waals surface area contributed by atoms with Gasteiger partial charge in [-0.1, -0.05) is 23.7 Å². The minimum atomic E-state index is 0.552.